The van der Waals surface area contributed by atoms with Crippen LogP contribution in [0.25, 0.3) is 22.7 Å². The van der Waals surface area contributed by atoms with E-state index in [2.05, 4.69) is 14.5 Å². The van der Waals surface area contributed by atoms with E-state index in [1.54, 1.807) is 23.7 Å². The number of aryl methyl sites for hydroxylation is 1. The fourth-order valence-corrected chi connectivity index (χ4v) is 2.70. The Bertz CT molecular complexity index is 1070. The van der Waals surface area contributed by atoms with Gasteiger partial charge in [0.2, 0.25) is 0 Å². The summed E-state index contributed by atoms with van der Waals surface area (Å²) < 4.78 is 60.5. The predicted octanol–water partition coefficient (Wildman–Crippen LogP) is 4.84. The number of halogens is 4. The number of ether oxygens (including phenoxy) is 2. The molecule has 0 amide bonds. The van der Waals surface area contributed by atoms with Crippen LogP contribution in [0.1, 0.15) is 11.4 Å². The van der Waals surface area contributed by atoms with Gasteiger partial charge < -0.3 is 14.0 Å². The molecule has 0 aliphatic rings. The second kappa shape index (κ2) is 8.00. The Balaban J connectivity index is 2.08. The van der Waals surface area contributed by atoms with Crippen molar-refractivity contribution >= 4 is 22.7 Å². The Labute approximate surface area is 157 Å². The predicted molar refractivity (Wildman–Crippen MR) is 93.9 cm³/mol. The van der Waals surface area contributed by atoms with Crippen molar-refractivity contribution in [3.63, 3.8) is 0 Å². The van der Waals surface area contributed by atoms with Gasteiger partial charge in [0, 0.05) is 18.7 Å². The molecule has 0 unspecified atom stereocenters. The molecule has 28 heavy (non-hydrogen) atoms. The van der Waals surface area contributed by atoms with Gasteiger partial charge in [-0.05, 0) is 30.3 Å². The van der Waals surface area contributed by atoms with E-state index in [1.165, 1.54) is 18.2 Å². The Morgan fingerprint density at radius 2 is 1.82 bits per heavy atom. The zero-order valence-electron chi connectivity index (χ0n) is 14.4. The molecule has 0 spiro atoms. The standard InChI is InChI=1S/C19H13F4N3O2/c1-26-15-5-3-2-4-14(15)25-17(26)12(10-24)8-11-6-7-13(27-18(20)21)9-16(11)28-19(22)23/h2-9,18-19H,1H3/b12-8+. The highest BCUT2D eigenvalue weighted by atomic mass is 19.3. The van der Waals surface area contributed by atoms with Crippen LogP contribution in [0.5, 0.6) is 11.5 Å². The molecule has 9 heteroatoms. The van der Waals surface area contributed by atoms with Crippen molar-refractivity contribution in [2.45, 2.75) is 13.2 Å². The lowest BCUT2D eigenvalue weighted by molar-refractivity contribution is -0.0543. The maximum absolute atomic E-state index is 12.7. The van der Waals surface area contributed by atoms with Crippen LogP contribution in [0, 0.1) is 11.3 Å². The van der Waals surface area contributed by atoms with Crippen molar-refractivity contribution in [3.05, 3.63) is 53.9 Å². The fraction of sp³-hybridized carbons (Fsp3) is 0.158. The monoisotopic (exact) mass is 391 g/mol. The summed E-state index contributed by atoms with van der Waals surface area (Å²) in [6, 6.07) is 12.5. The van der Waals surface area contributed by atoms with E-state index in [4.69, 9.17) is 0 Å². The quantitative estimate of drug-likeness (QED) is 0.446. The number of rotatable bonds is 6. The summed E-state index contributed by atoms with van der Waals surface area (Å²) in [6.07, 6.45) is 1.30. The molecule has 0 radical (unpaired) electrons. The van der Waals surface area contributed by atoms with Crippen LogP contribution in [-0.2, 0) is 7.05 Å². The van der Waals surface area contributed by atoms with Gasteiger partial charge in [-0.1, -0.05) is 12.1 Å². The smallest absolute Gasteiger partial charge is 0.387 e. The highest BCUT2D eigenvalue weighted by Crippen LogP contribution is 2.31. The average Bonchev–Trinajstić information content (AvgIpc) is 2.97. The summed E-state index contributed by atoms with van der Waals surface area (Å²) in [5.74, 6) is -0.427. The first-order valence-corrected chi connectivity index (χ1v) is 7.96. The Kier molecular flexibility index (Phi) is 5.49. The van der Waals surface area contributed by atoms with Crippen molar-refractivity contribution in [3.8, 4) is 17.6 Å². The molecule has 0 N–H and O–H groups in total. The number of benzene rings is 2. The van der Waals surface area contributed by atoms with Crippen molar-refractivity contribution in [1.29, 1.82) is 5.26 Å². The van der Waals surface area contributed by atoms with E-state index in [0.29, 0.717) is 11.3 Å². The van der Waals surface area contributed by atoms with E-state index in [1.807, 2.05) is 18.2 Å². The summed E-state index contributed by atoms with van der Waals surface area (Å²) in [4.78, 5) is 4.39. The molecule has 0 atom stereocenters. The molecule has 0 saturated heterocycles. The number of hydrogen-bond donors (Lipinski definition) is 0. The minimum atomic E-state index is -3.18. The topological polar surface area (TPSA) is 60.1 Å². The van der Waals surface area contributed by atoms with Gasteiger partial charge in [-0.25, -0.2) is 4.98 Å². The zero-order chi connectivity index (χ0) is 20.3. The second-order valence-corrected chi connectivity index (χ2v) is 5.61. The lowest BCUT2D eigenvalue weighted by Crippen LogP contribution is -2.06. The SMILES string of the molecule is Cn1c(/C(C#N)=C/c2ccc(OC(F)F)cc2OC(F)F)nc2ccccc21. The molecule has 3 rings (SSSR count). The number of para-hydroxylation sites is 2. The second-order valence-electron chi connectivity index (χ2n) is 5.61. The van der Waals surface area contributed by atoms with Crippen LogP contribution in [0.2, 0.25) is 0 Å². The van der Waals surface area contributed by atoms with Crippen molar-refractivity contribution < 1.29 is 27.0 Å². The number of imidazole rings is 1. The van der Waals surface area contributed by atoms with Crippen LogP contribution in [-0.4, -0.2) is 22.8 Å². The van der Waals surface area contributed by atoms with Gasteiger partial charge in [-0.15, -0.1) is 0 Å². The maximum atomic E-state index is 12.7. The van der Waals surface area contributed by atoms with E-state index in [-0.39, 0.29) is 16.9 Å². The van der Waals surface area contributed by atoms with Crippen molar-refractivity contribution in [1.82, 2.24) is 9.55 Å². The third-order valence-corrected chi connectivity index (χ3v) is 3.87. The molecule has 0 saturated carbocycles. The summed E-state index contributed by atoms with van der Waals surface area (Å²) in [6.45, 7) is -6.30. The molecule has 1 aromatic heterocycles. The van der Waals surface area contributed by atoms with Gasteiger partial charge in [-0.2, -0.15) is 22.8 Å². The van der Waals surface area contributed by atoms with Gasteiger partial charge in [0.25, 0.3) is 0 Å². The van der Waals surface area contributed by atoms with Crippen LogP contribution in [0.3, 0.4) is 0 Å². The van der Waals surface area contributed by atoms with Gasteiger partial charge in [0.15, 0.2) is 5.82 Å². The van der Waals surface area contributed by atoms with Crippen LogP contribution in [0.4, 0.5) is 17.6 Å². The summed E-state index contributed by atoms with van der Waals surface area (Å²) in [5.41, 5.74) is 1.61. The minimum Gasteiger partial charge on any atom is -0.435 e. The first-order valence-electron chi connectivity index (χ1n) is 7.96. The Morgan fingerprint density at radius 3 is 2.46 bits per heavy atom. The molecule has 1 heterocycles. The third-order valence-electron chi connectivity index (χ3n) is 3.87. The lowest BCUT2D eigenvalue weighted by atomic mass is 10.1. The van der Waals surface area contributed by atoms with E-state index >= 15 is 0 Å². The zero-order valence-corrected chi connectivity index (χ0v) is 14.4. The first-order chi connectivity index (χ1) is 13.4. The van der Waals surface area contributed by atoms with Gasteiger partial charge >= 0.3 is 13.2 Å². The molecule has 3 aromatic rings. The largest absolute Gasteiger partial charge is 0.435 e. The molecule has 2 aromatic carbocycles. The summed E-state index contributed by atoms with van der Waals surface area (Å²) >= 11 is 0. The molecule has 0 aliphatic heterocycles. The van der Waals surface area contributed by atoms with E-state index in [9.17, 15) is 22.8 Å². The van der Waals surface area contributed by atoms with Gasteiger partial charge in [-0.3, -0.25) is 0 Å². The Morgan fingerprint density at radius 1 is 1.11 bits per heavy atom. The molecule has 144 valence electrons. The average molecular weight is 391 g/mol. The molecule has 0 fully saturated rings. The van der Waals surface area contributed by atoms with Crippen molar-refractivity contribution in [2.24, 2.45) is 7.05 Å². The highest BCUT2D eigenvalue weighted by molar-refractivity contribution is 5.91. The van der Waals surface area contributed by atoms with Gasteiger partial charge in [0.05, 0.1) is 16.6 Å². The molecule has 0 bridgehead atoms. The number of hydrogen-bond acceptors (Lipinski definition) is 4. The minimum absolute atomic E-state index is 0.0837. The molecule has 0 aliphatic carbocycles. The number of nitriles is 1. The summed E-state index contributed by atoms with van der Waals surface area (Å²) in [5, 5.41) is 9.55. The fourth-order valence-electron chi connectivity index (χ4n) is 2.70. The lowest BCUT2D eigenvalue weighted by Gasteiger charge is -2.11. The number of fused-ring (bicyclic) bond motifs is 1. The van der Waals surface area contributed by atoms with E-state index in [0.717, 1.165) is 11.6 Å². The Hall–Kier alpha value is -3.54. The van der Waals surface area contributed by atoms with Crippen molar-refractivity contribution in [2.75, 3.05) is 0 Å². The maximum Gasteiger partial charge on any atom is 0.387 e. The highest BCUT2D eigenvalue weighted by Gasteiger charge is 2.16. The normalized spacial score (nSPS) is 11.9. The molecule has 5 nitrogen and oxygen atoms in total. The number of aromatic nitrogens is 2. The van der Waals surface area contributed by atoms with Gasteiger partial charge in [0.1, 0.15) is 17.6 Å². The van der Waals surface area contributed by atoms with Crippen LogP contribution < -0.4 is 9.47 Å². The van der Waals surface area contributed by atoms with Crippen LogP contribution in [0.15, 0.2) is 42.5 Å². The molecular weight excluding hydrogens is 378 g/mol. The number of nitrogens with zero attached hydrogens (tertiary/aromatic N) is 3. The molecular formula is C19H13F4N3O2. The first kappa shape index (κ1) is 19.2. The van der Waals surface area contributed by atoms with E-state index < -0.39 is 19.0 Å². The third kappa shape index (κ3) is 4.06. The van der Waals surface area contributed by atoms with Crippen LogP contribution >= 0.6 is 0 Å². The summed E-state index contributed by atoms with van der Waals surface area (Å²) in [7, 11) is 1.71. The number of allylic oxidation sites excluding steroid dienone is 1. The number of alkyl halides is 4.